The molecule has 0 atom stereocenters. The second kappa shape index (κ2) is 4.12. The molecule has 1 aliphatic heterocycles. The number of hydrogen-bond acceptors (Lipinski definition) is 2. The van der Waals surface area contributed by atoms with E-state index in [1.54, 1.807) is 0 Å². The van der Waals surface area contributed by atoms with Crippen molar-refractivity contribution < 1.29 is 9.31 Å². The van der Waals surface area contributed by atoms with Crippen molar-refractivity contribution in [2.45, 2.75) is 27.1 Å². The fourth-order valence-corrected chi connectivity index (χ4v) is 1.16. The van der Waals surface area contributed by atoms with Gasteiger partial charge in [0, 0.05) is 13.2 Å². The molecular weight excluding hydrogens is 139 g/mol. The van der Waals surface area contributed by atoms with Gasteiger partial charge >= 0.3 is 7.12 Å². The van der Waals surface area contributed by atoms with Gasteiger partial charge in [0.15, 0.2) is 0 Å². The molecule has 0 saturated carbocycles. The van der Waals surface area contributed by atoms with Crippen LogP contribution in [0, 0.1) is 11.8 Å². The zero-order valence-corrected chi connectivity index (χ0v) is 7.67. The molecule has 0 bridgehead atoms. The van der Waals surface area contributed by atoms with E-state index in [1.165, 1.54) is 0 Å². The summed E-state index contributed by atoms with van der Waals surface area (Å²) >= 11 is 0. The highest BCUT2D eigenvalue weighted by Gasteiger charge is 2.25. The van der Waals surface area contributed by atoms with Gasteiger partial charge in [-0.3, -0.25) is 0 Å². The quantitative estimate of drug-likeness (QED) is 0.567. The van der Waals surface area contributed by atoms with Crippen LogP contribution in [-0.2, 0) is 9.31 Å². The monoisotopic (exact) mass is 156 g/mol. The molecule has 0 aromatic heterocycles. The first-order chi connectivity index (χ1) is 5.18. The van der Waals surface area contributed by atoms with E-state index < -0.39 is 0 Å². The maximum Gasteiger partial charge on any atom is 0.457 e. The second-order valence-corrected chi connectivity index (χ2v) is 3.83. The lowest BCUT2D eigenvalue weighted by atomic mass is 9.77. The minimum Gasteiger partial charge on any atom is -0.411 e. The van der Waals surface area contributed by atoms with E-state index in [2.05, 4.69) is 20.8 Å². The van der Waals surface area contributed by atoms with Crippen molar-refractivity contribution in [3.8, 4) is 0 Å². The van der Waals surface area contributed by atoms with E-state index in [0.717, 1.165) is 19.5 Å². The number of rotatable bonds is 2. The molecule has 1 aliphatic rings. The summed E-state index contributed by atoms with van der Waals surface area (Å²) in [5.41, 5.74) is 0. The van der Waals surface area contributed by atoms with Gasteiger partial charge in [0.1, 0.15) is 0 Å². The topological polar surface area (TPSA) is 18.5 Å². The van der Waals surface area contributed by atoms with Crippen LogP contribution >= 0.6 is 0 Å². The molecule has 1 fully saturated rings. The van der Waals surface area contributed by atoms with Crippen LogP contribution in [0.3, 0.4) is 0 Å². The number of hydrogen-bond donors (Lipinski definition) is 0. The highest BCUT2D eigenvalue weighted by atomic mass is 16.6. The molecule has 0 spiro atoms. The van der Waals surface area contributed by atoms with Crippen molar-refractivity contribution in [1.29, 1.82) is 0 Å². The molecule has 0 N–H and O–H groups in total. The Morgan fingerprint density at radius 2 is 1.91 bits per heavy atom. The Balaban J connectivity index is 2.17. The summed E-state index contributed by atoms with van der Waals surface area (Å²) in [5, 5.41) is 0. The van der Waals surface area contributed by atoms with Gasteiger partial charge in [-0.1, -0.05) is 20.8 Å². The molecule has 0 aromatic rings. The maximum absolute atomic E-state index is 5.48. The third-order valence-electron chi connectivity index (χ3n) is 1.80. The molecule has 0 unspecified atom stereocenters. The molecule has 1 rings (SSSR count). The Morgan fingerprint density at radius 1 is 1.36 bits per heavy atom. The molecule has 1 saturated heterocycles. The Kier molecular flexibility index (Phi) is 3.40. The minimum atomic E-state index is 0.0613. The lowest BCUT2D eigenvalue weighted by Crippen LogP contribution is -2.35. The van der Waals surface area contributed by atoms with E-state index in [1.807, 2.05) is 0 Å². The summed E-state index contributed by atoms with van der Waals surface area (Å²) in [6, 6.07) is 0. The van der Waals surface area contributed by atoms with Crippen LogP contribution in [0.4, 0.5) is 0 Å². The summed E-state index contributed by atoms with van der Waals surface area (Å²) in [6.45, 7) is 8.23. The normalized spacial score (nSPS) is 21.3. The summed E-state index contributed by atoms with van der Waals surface area (Å²) in [7, 11) is 0.0613. The Hall–Kier alpha value is -0.0151. The molecule has 2 nitrogen and oxygen atoms in total. The van der Waals surface area contributed by atoms with E-state index in [0.29, 0.717) is 11.8 Å². The molecule has 0 aromatic carbocycles. The highest BCUT2D eigenvalue weighted by molar-refractivity contribution is 6.44. The fourth-order valence-electron chi connectivity index (χ4n) is 1.16. The zero-order valence-electron chi connectivity index (χ0n) is 7.67. The van der Waals surface area contributed by atoms with Crippen molar-refractivity contribution in [2.75, 3.05) is 13.2 Å². The first-order valence-corrected chi connectivity index (χ1v) is 4.41. The molecule has 0 amide bonds. The summed E-state index contributed by atoms with van der Waals surface area (Å²) in [6.07, 6.45) is 1.02. The van der Waals surface area contributed by atoms with E-state index >= 15 is 0 Å². The van der Waals surface area contributed by atoms with Crippen LogP contribution in [0.15, 0.2) is 0 Å². The summed E-state index contributed by atoms with van der Waals surface area (Å²) in [4.78, 5) is 0. The molecule has 0 radical (unpaired) electrons. The van der Waals surface area contributed by atoms with Gasteiger partial charge in [-0.25, -0.2) is 0 Å². The molecule has 1 heterocycles. The Labute approximate surface area is 69.4 Å². The average Bonchev–Trinajstić information content (AvgIpc) is 1.93. The second-order valence-electron chi connectivity index (χ2n) is 3.83. The van der Waals surface area contributed by atoms with E-state index in [-0.39, 0.29) is 7.12 Å². The lowest BCUT2D eigenvalue weighted by Gasteiger charge is -2.25. The van der Waals surface area contributed by atoms with E-state index in [4.69, 9.17) is 9.31 Å². The van der Waals surface area contributed by atoms with Crippen molar-refractivity contribution >= 4 is 7.12 Å². The third kappa shape index (κ3) is 3.26. The molecule has 64 valence electrons. The third-order valence-corrected chi connectivity index (χ3v) is 1.80. The van der Waals surface area contributed by atoms with Gasteiger partial charge in [-0.2, -0.15) is 0 Å². The van der Waals surface area contributed by atoms with Gasteiger partial charge in [0.05, 0.1) is 0 Å². The smallest absolute Gasteiger partial charge is 0.411 e. The van der Waals surface area contributed by atoms with Gasteiger partial charge in [-0.15, -0.1) is 0 Å². The van der Waals surface area contributed by atoms with Crippen LogP contribution in [0.5, 0.6) is 0 Å². The van der Waals surface area contributed by atoms with Crippen LogP contribution in [0.25, 0.3) is 0 Å². The van der Waals surface area contributed by atoms with Crippen molar-refractivity contribution in [2.24, 2.45) is 11.8 Å². The van der Waals surface area contributed by atoms with Crippen LogP contribution in [0.1, 0.15) is 20.8 Å². The molecule has 3 heteroatoms. The molecule has 0 aliphatic carbocycles. The minimum absolute atomic E-state index is 0.0613. The molecule has 11 heavy (non-hydrogen) atoms. The van der Waals surface area contributed by atoms with E-state index in [9.17, 15) is 0 Å². The van der Waals surface area contributed by atoms with Crippen molar-refractivity contribution in [3.05, 3.63) is 0 Å². The van der Waals surface area contributed by atoms with Gasteiger partial charge < -0.3 is 9.31 Å². The maximum atomic E-state index is 5.48. The van der Waals surface area contributed by atoms with Crippen LogP contribution < -0.4 is 0 Å². The first-order valence-electron chi connectivity index (χ1n) is 4.41. The fraction of sp³-hybridized carbons (Fsp3) is 1.00. The van der Waals surface area contributed by atoms with Crippen molar-refractivity contribution in [1.82, 2.24) is 0 Å². The zero-order chi connectivity index (χ0) is 8.27. The Morgan fingerprint density at radius 3 is 2.36 bits per heavy atom. The largest absolute Gasteiger partial charge is 0.457 e. The standard InChI is InChI=1S/C8H17BO2/c1-7(2)4-9-10-5-8(3)6-11-9/h7-8H,4-6H2,1-3H3. The lowest BCUT2D eigenvalue weighted by molar-refractivity contribution is 0.0861. The Bertz CT molecular complexity index is 109. The predicted molar refractivity (Wildman–Crippen MR) is 46.5 cm³/mol. The van der Waals surface area contributed by atoms with Crippen LogP contribution in [0.2, 0.25) is 6.32 Å². The van der Waals surface area contributed by atoms with Crippen LogP contribution in [-0.4, -0.2) is 20.3 Å². The summed E-state index contributed by atoms with van der Waals surface area (Å²) in [5.74, 6) is 1.23. The average molecular weight is 156 g/mol. The van der Waals surface area contributed by atoms with Gasteiger partial charge in [0.25, 0.3) is 0 Å². The highest BCUT2D eigenvalue weighted by Crippen LogP contribution is 2.14. The predicted octanol–water partition coefficient (Wildman–Crippen LogP) is 1.81. The van der Waals surface area contributed by atoms with Gasteiger partial charge in [0.2, 0.25) is 0 Å². The van der Waals surface area contributed by atoms with Crippen molar-refractivity contribution in [3.63, 3.8) is 0 Å². The first kappa shape index (κ1) is 9.08. The SMILES string of the molecule is CC(C)CB1OCC(C)CO1. The molecular formula is C8H17BO2. The van der Waals surface area contributed by atoms with Gasteiger partial charge in [-0.05, 0) is 18.2 Å². The summed E-state index contributed by atoms with van der Waals surface area (Å²) < 4.78 is 11.0.